The average molecular weight is 433 g/mol. The minimum absolute atomic E-state index is 0.475. The molecular weight excluding hydrogens is 396 g/mol. The van der Waals surface area contributed by atoms with Crippen molar-refractivity contribution in [2.24, 2.45) is 11.8 Å². The number of nitrogens with zero attached hydrogens (tertiary/aromatic N) is 4. The minimum atomic E-state index is 0.475. The van der Waals surface area contributed by atoms with Crippen molar-refractivity contribution >= 4 is 0 Å². The lowest BCUT2D eigenvalue weighted by Crippen LogP contribution is -2.39. The summed E-state index contributed by atoms with van der Waals surface area (Å²) < 4.78 is 21.9. The Hall–Kier alpha value is -2.32. The largest absolute Gasteiger partial charge is 0.493 e. The van der Waals surface area contributed by atoms with Gasteiger partial charge in [-0.05, 0) is 56.9 Å². The van der Waals surface area contributed by atoms with E-state index >= 15 is 0 Å². The van der Waals surface area contributed by atoms with E-state index in [0.717, 1.165) is 12.5 Å². The van der Waals surface area contributed by atoms with Crippen LogP contribution in [0.1, 0.15) is 32.6 Å². The molecule has 2 aromatic rings. The highest BCUT2D eigenvalue weighted by molar-refractivity contribution is 5.71. The van der Waals surface area contributed by atoms with Crippen LogP contribution in [0.3, 0.4) is 0 Å². The Labute approximate surface area is 185 Å². The van der Waals surface area contributed by atoms with E-state index in [1.54, 1.807) is 21.3 Å². The fourth-order valence-electron chi connectivity index (χ4n) is 4.31. The number of hydrogen-bond acceptors (Lipinski definition) is 8. The van der Waals surface area contributed by atoms with Crippen LogP contribution in [0.5, 0.6) is 17.2 Å². The molecule has 1 saturated heterocycles. The number of methoxy groups -OCH3 is 3. The van der Waals surface area contributed by atoms with Crippen LogP contribution in [0.2, 0.25) is 0 Å². The highest BCUT2D eigenvalue weighted by Crippen LogP contribution is 2.43. The lowest BCUT2D eigenvalue weighted by Gasteiger charge is -2.34. The summed E-state index contributed by atoms with van der Waals surface area (Å²) in [5.74, 6) is 4.13. The molecule has 1 aromatic heterocycles. The van der Waals surface area contributed by atoms with E-state index in [1.807, 2.05) is 12.1 Å². The second kappa shape index (κ2) is 10.8. The predicted molar refractivity (Wildman–Crippen MR) is 120 cm³/mol. The summed E-state index contributed by atoms with van der Waals surface area (Å²) in [6.07, 6.45) is 2.49. The van der Waals surface area contributed by atoms with Gasteiger partial charge in [0.25, 0.3) is 0 Å². The molecule has 0 aliphatic carbocycles. The first-order valence-electron chi connectivity index (χ1n) is 11.0. The molecule has 2 heterocycles. The molecule has 1 aliphatic rings. The van der Waals surface area contributed by atoms with Crippen LogP contribution in [0, 0.1) is 11.8 Å². The van der Waals surface area contributed by atoms with Gasteiger partial charge in [-0.1, -0.05) is 19.0 Å². The SMILES string of the molecule is COc1ccc(-c2noc(CN(C)CC3CCN(CC(C)C)CC3)n2)c(OC)c1OC. The summed E-state index contributed by atoms with van der Waals surface area (Å²) in [4.78, 5) is 9.45. The van der Waals surface area contributed by atoms with Gasteiger partial charge in [0.1, 0.15) is 0 Å². The van der Waals surface area contributed by atoms with Gasteiger partial charge in [0.05, 0.1) is 33.4 Å². The van der Waals surface area contributed by atoms with Crippen LogP contribution in [-0.2, 0) is 6.54 Å². The zero-order valence-electron chi connectivity index (χ0n) is 19.7. The Kier molecular flexibility index (Phi) is 8.15. The molecule has 0 unspecified atom stereocenters. The van der Waals surface area contributed by atoms with Gasteiger partial charge >= 0.3 is 0 Å². The van der Waals surface area contributed by atoms with Crippen LogP contribution in [0.25, 0.3) is 11.4 Å². The first-order valence-corrected chi connectivity index (χ1v) is 11.0. The Morgan fingerprint density at radius 2 is 1.81 bits per heavy atom. The molecule has 1 aliphatic heterocycles. The van der Waals surface area contributed by atoms with E-state index in [1.165, 1.54) is 32.5 Å². The molecule has 8 nitrogen and oxygen atoms in total. The molecule has 0 amide bonds. The standard InChI is InChI=1S/C23H36N4O4/c1-16(2)13-27-11-9-17(10-12-27)14-26(3)15-20-24-23(25-31-20)18-7-8-19(28-4)22(30-6)21(18)29-5/h7-8,16-17H,9-15H2,1-6H3. The Morgan fingerprint density at radius 3 is 2.42 bits per heavy atom. The van der Waals surface area contributed by atoms with Crippen molar-refractivity contribution < 1.29 is 18.7 Å². The molecule has 1 fully saturated rings. The third kappa shape index (κ3) is 5.89. The van der Waals surface area contributed by atoms with Crippen molar-refractivity contribution in [3.05, 3.63) is 18.0 Å². The van der Waals surface area contributed by atoms with E-state index in [9.17, 15) is 0 Å². The average Bonchev–Trinajstić information content (AvgIpc) is 3.21. The normalized spacial score (nSPS) is 15.6. The Morgan fingerprint density at radius 1 is 1.10 bits per heavy atom. The van der Waals surface area contributed by atoms with Crippen molar-refractivity contribution in [2.45, 2.75) is 33.2 Å². The summed E-state index contributed by atoms with van der Waals surface area (Å²) in [6, 6.07) is 3.66. The second-order valence-corrected chi connectivity index (χ2v) is 8.73. The molecule has 31 heavy (non-hydrogen) atoms. The minimum Gasteiger partial charge on any atom is -0.493 e. The van der Waals surface area contributed by atoms with Crippen LogP contribution >= 0.6 is 0 Å². The van der Waals surface area contributed by atoms with Crippen molar-refractivity contribution in [3.8, 4) is 28.6 Å². The van der Waals surface area contributed by atoms with Crippen LogP contribution < -0.4 is 14.2 Å². The predicted octanol–water partition coefficient (Wildman–Crippen LogP) is 3.56. The number of aromatic nitrogens is 2. The maximum absolute atomic E-state index is 5.55. The van der Waals surface area contributed by atoms with E-state index in [2.05, 4.69) is 40.8 Å². The van der Waals surface area contributed by atoms with Crippen molar-refractivity contribution in [1.29, 1.82) is 0 Å². The smallest absolute Gasteiger partial charge is 0.241 e. The molecule has 172 valence electrons. The number of likely N-dealkylation sites (tertiary alicyclic amines) is 1. The first kappa shape index (κ1) is 23.3. The number of rotatable bonds is 10. The van der Waals surface area contributed by atoms with Crippen molar-refractivity contribution in [1.82, 2.24) is 19.9 Å². The third-order valence-electron chi connectivity index (χ3n) is 5.72. The van der Waals surface area contributed by atoms with Gasteiger partial charge in [0.15, 0.2) is 11.5 Å². The number of piperidine rings is 1. The summed E-state index contributed by atoms with van der Waals surface area (Å²) in [5.41, 5.74) is 0.704. The zero-order valence-corrected chi connectivity index (χ0v) is 19.7. The highest BCUT2D eigenvalue weighted by Gasteiger charge is 2.23. The second-order valence-electron chi connectivity index (χ2n) is 8.73. The molecule has 0 radical (unpaired) electrons. The quantitative estimate of drug-likeness (QED) is 0.564. The van der Waals surface area contributed by atoms with Crippen LogP contribution in [0.15, 0.2) is 16.7 Å². The fraction of sp³-hybridized carbons (Fsp3) is 0.652. The number of hydrogen-bond donors (Lipinski definition) is 0. The van der Waals surface area contributed by atoms with Gasteiger partial charge in [0.2, 0.25) is 17.5 Å². The maximum Gasteiger partial charge on any atom is 0.241 e. The topological polar surface area (TPSA) is 73.1 Å². The lowest BCUT2D eigenvalue weighted by atomic mass is 9.95. The lowest BCUT2D eigenvalue weighted by molar-refractivity contribution is 0.137. The van der Waals surface area contributed by atoms with Crippen molar-refractivity contribution in [2.75, 3.05) is 54.6 Å². The van der Waals surface area contributed by atoms with Crippen molar-refractivity contribution in [3.63, 3.8) is 0 Å². The van der Waals surface area contributed by atoms with Gasteiger partial charge in [-0.25, -0.2) is 0 Å². The maximum atomic E-state index is 5.55. The molecule has 8 heteroatoms. The van der Waals surface area contributed by atoms with E-state index < -0.39 is 0 Å². The monoisotopic (exact) mass is 432 g/mol. The molecule has 0 N–H and O–H groups in total. The first-order chi connectivity index (χ1) is 14.9. The molecular formula is C23H36N4O4. The summed E-state index contributed by atoms with van der Waals surface area (Å²) in [6.45, 7) is 9.82. The van der Waals surface area contributed by atoms with E-state index in [-0.39, 0.29) is 0 Å². The van der Waals surface area contributed by atoms with Gasteiger partial charge < -0.3 is 23.6 Å². The Bertz CT molecular complexity index is 831. The van der Waals surface area contributed by atoms with Gasteiger partial charge in [-0.15, -0.1) is 0 Å². The third-order valence-corrected chi connectivity index (χ3v) is 5.72. The Balaban J connectivity index is 1.60. The molecule has 0 bridgehead atoms. The molecule has 0 saturated carbocycles. The highest BCUT2D eigenvalue weighted by atomic mass is 16.5. The van der Waals surface area contributed by atoms with Gasteiger partial charge in [-0.3, -0.25) is 4.90 Å². The summed E-state index contributed by atoms with van der Waals surface area (Å²) >= 11 is 0. The zero-order chi connectivity index (χ0) is 22.4. The van der Waals surface area contributed by atoms with Gasteiger partial charge in [-0.2, -0.15) is 4.98 Å². The van der Waals surface area contributed by atoms with E-state index in [0.29, 0.717) is 47.0 Å². The fourth-order valence-corrected chi connectivity index (χ4v) is 4.31. The molecule has 1 aromatic carbocycles. The summed E-state index contributed by atoms with van der Waals surface area (Å²) in [5, 5.41) is 4.17. The number of benzene rings is 1. The van der Waals surface area contributed by atoms with E-state index in [4.69, 9.17) is 18.7 Å². The number of ether oxygens (including phenoxy) is 3. The van der Waals surface area contributed by atoms with Crippen LogP contribution in [-0.4, -0.2) is 74.5 Å². The van der Waals surface area contributed by atoms with Gasteiger partial charge in [0, 0.05) is 13.1 Å². The molecule has 3 rings (SSSR count). The van der Waals surface area contributed by atoms with Crippen LogP contribution in [0.4, 0.5) is 0 Å². The molecule has 0 spiro atoms. The summed E-state index contributed by atoms with van der Waals surface area (Å²) in [7, 11) is 6.87. The molecule has 0 atom stereocenters.